The highest BCUT2D eigenvalue weighted by Gasteiger charge is 2.53. The first kappa shape index (κ1) is 26.2. The zero-order valence-electron chi connectivity index (χ0n) is 16.2. The molecule has 0 saturated carbocycles. The monoisotopic (exact) mass is 492 g/mol. The van der Waals surface area contributed by atoms with Crippen molar-refractivity contribution in [1.82, 2.24) is 9.97 Å². The van der Waals surface area contributed by atoms with Crippen LogP contribution in [0.25, 0.3) is 0 Å². The first-order chi connectivity index (χ1) is 15.0. The largest absolute Gasteiger partial charge is 0.451 e. The van der Waals surface area contributed by atoms with Crippen LogP contribution in [0, 0.1) is 5.92 Å². The number of hydrogen-bond donors (Lipinski definition) is 2. The minimum atomic E-state index is -5.30. The van der Waals surface area contributed by atoms with Gasteiger partial charge in [-0.25, -0.2) is 25.0 Å². The van der Waals surface area contributed by atoms with Gasteiger partial charge in [0.05, 0.1) is 29.7 Å². The Morgan fingerprint density at radius 3 is 2.09 bits per heavy atom. The van der Waals surface area contributed by atoms with Crippen LogP contribution < -0.4 is 5.01 Å². The zero-order chi connectivity index (χ0) is 25.4. The van der Waals surface area contributed by atoms with Crippen LogP contribution in [-0.2, 0) is 6.18 Å². The van der Waals surface area contributed by atoms with Crippen LogP contribution in [0.1, 0.15) is 12.7 Å². The van der Waals surface area contributed by atoms with E-state index in [1.54, 1.807) is 0 Å². The first-order valence-electron chi connectivity index (χ1n) is 8.47. The van der Waals surface area contributed by atoms with E-state index in [9.17, 15) is 49.7 Å². The van der Waals surface area contributed by atoms with E-state index in [0.717, 1.165) is 6.92 Å². The number of aliphatic imine (C=N–C) groups is 2. The van der Waals surface area contributed by atoms with Gasteiger partial charge in [0.25, 0.3) is 0 Å². The van der Waals surface area contributed by atoms with Gasteiger partial charge in [0, 0.05) is 6.20 Å². The van der Waals surface area contributed by atoms with E-state index in [1.165, 1.54) is 0 Å². The van der Waals surface area contributed by atoms with E-state index in [4.69, 9.17) is 0 Å². The summed E-state index contributed by atoms with van der Waals surface area (Å²) in [5.74, 6) is -5.59. The molecule has 2 N–H and O–H groups in total. The highest BCUT2D eigenvalue weighted by Crippen LogP contribution is 2.37. The predicted octanol–water partition coefficient (Wildman–Crippen LogP) is 3.09. The molecular weight excluding hydrogens is 479 g/mol. The molecule has 33 heavy (non-hydrogen) atoms. The molecule has 17 heteroatoms. The summed E-state index contributed by atoms with van der Waals surface area (Å²) < 4.78 is 115. The van der Waals surface area contributed by atoms with Gasteiger partial charge in [0.1, 0.15) is 0 Å². The third-order valence-corrected chi connectivity index (χ3v) is 4.12. The molecule has 1 aromatic rings. The van der Waals surface area contributed by atoms with Gasteiger partial charge in [-0.3, -0.25) is 0 Å². The lowest BCUT2D eigenvalue weighted by Gasteiger charge is -2.27. The number of hydrogen-bond acceptors (Lipinski definition) is 7. The van der Waals surface area contributed by atoms with Crippen LogP contribution in [0.2, 0.25) is 0 Å². The van der Waals surface area contributed by atoms with Gasteiger partial charge in [0.2, 0.25) is 11.7 Å². The number of amidine groups is 1. The lowest BCUT2D eigenvalue weighted by molar-refractivity contribution is -0.218. The lowest BCUT2D eigenvalue weighted by atomic mass is 9.91. The quantitative estimate of drug-likeness (QED) is 0.382. The van der Waals surface area contributed by atoms with E-state index in [1.807, 2.05) is 0 Å². The Morgan fingerprint density at radius 2 is 1.67 bits per heavy atom. The molecule has 0 spiro atoms. The Morgan fingerprint density at radius 1 is 1.12 bits per heavy atom. The van der Waals surface area contributed by atoms with Crippen LogP contribution in [-0.4, -0.2) is 63.1 Å². The van der Waals surface area contributed by atoms with E-state index < -0.39 is 65.4 Å². The topological polar surface area (TPSA) is 107 Å². The molecule has 0 fully saturated rings. The summed E-state index contributed by atoms with van der Waals surface area (Å²) in [4.78, 5) is 11.6. The molecule has 0 radical (unpaired) electrons. The summed E-state index contributed by atoms with van der Waals surface area (Å²) in [7, 11) is 0. The number of halogens is 9. The number of aliphatic hydroxyl groups excluding tert-OH is 2. The Kier molecular flexibility index (Phi) is 7.18. The molecule has 3 atom stereocenters. The van der Waals surface area contributed by atoms with Crippen molar-refractivity contribution < 1.29 is 49.7 Å². The second kappa shape index (κ2) is 9.05. The second-order valence-corrected chi connectivity index (χ2v) is 6.44. The Hall–Kier alpha value is -3.08. The third kappa shape index (κ3) is 5.84. The van der Waals surface area contributed by atoms with Gasteiger partial charge in [0.15, 0.2) is 12.3 Å². The second-order valence-electron chi connectivity index (χ2n) is 6.44. The Bertz CT molecular complexity index is 967. The highest BCUT2D eigenvalue weighted by atomic mass is 19.4. The maximum Gasteiger partial charge on any atom is 0.451 e. The smallest absolute Gasteiger partial charge is 0.383 e. The fourth-order valence-corrected chi connectivity index (χ4v) is 2.62. The van der Waals surface area contributed by atoms with Crippen LogP contribution >= 0.6 is 0 Å². The molecule has 0 aliphatic carbocycles. The molecule has 8 nitrogen and oxygen atoms in total. The molecule has 1 aliphatic rings. The van der Waals surface area contributed by atoms with Crippen LogP contribution in [0.4, 0.5) is 45.2 Å². The number of anilines is 1. The van der Waals surface area contributed by atoms with Crippen molar-refractivity contribution in [2.45, 2.75) is 37.8 Å². The molecule has 2 heterocycles. The molecule has 0 amide bonds. The molecular formula is C16H13F9N6O2. The number of hydrazone groups is 1. The molecule has 0 saturated heterocycles. The van der Waals surface area contributed by atoms with Crippen molar-refractivity contribution in [3.8, 4) is 0 Å². The number of nitrogens with zero attached hydrogens (tertiary/aromatic N) is 6. The van der Waals surface area contributed by atoms with Crippen molar-refractivity contribution in [1.29, 1.82) is 0 Å². The van der Waals surface area contributed by atoms with Gasteiger partial charge in [-0.2, -0.15) is 44.6 Å². The summed E-state index contributed by atoms with van der Waals surface area (Å²) >= 11 is 0. The number of aliphatic hydroxyl groups is 2. The molecule has 182 valence electrons. The molecule has 1 aliphatic heterocycles. The van der Waals surface area contributed by atoms with Crippen LogP contribution in [0.3, 0.4) is 0 Å². The van der Waals surface area contributed by atoms with Crippen molar-refractivity contribution in [3.63, 3.8) is 0 Å². The highest BCUT2D eigenvalue weighted by molar-refractivity contribution is 6.04. The fraction of sp³-hybridized carbons (Fsp3) is 0.438. The minimum Gasteiger partial charge on any atom is -0.383 e. The summed E-state index contributed by atoms with van der Waals surface area (Å²) in [6, 6.07) is 0. The lowest BCUT2D eigenvalue weighted by Crippen LogP contribution is -2.47. The van der Waals surface area contributed by atoms with Crippen molar-refractivity contribution in [2.24, 2.45) is 21.0 Å². The summed E-state index contributed by atoms with van der Waals surface area (Å²) in [5.41, 5.74) is -1.70. The zero-order valence-corrected chi connectivity index (χ0v) is 16.2. The third-order valence-electron chi connectivity index (χ3n) is 4.12. The van der Waals surface area contributed by atoms with E-state index >= 15 is 0 Å². The number of aromatic nitrogens is 2. The van der Waals surface area contributed by atoms with E-state index in [-0.39, 0.29) is 0 Å². The van der Waals surface area contributed by atoms with Gasteiger partial charge < -0.3 is 10.2 Å². The molecule has 1 aromatic heterocycles. The minimum absolute atomic E-state index is 0.382. The Balaban J connectivity index is 2.54. The van der Waals surface area contributed by atoms with Gasteiger partial charge in [-0.1, -0.05) is 0 Å². The number of rotatable bonds is 4. The average Bonchev–Trinajstić information content (AvgIpc) is 3.02. The van der Waals surface area contributed by atoms with Crippen molar-refractivity contribution in [3.05, 3.63) is 30.0 Å². The molecule has 2 rings (SSSR count). The SMILES string of the molecule is C=N/C(=N\C=C(/C)C1=NN(c2cnc(C(F)(F)F)nc2)C(O)C1C(O)C(F)(F)F)C(F)(F)F. The van der Waals surface area contributed by atoms with Crippen molar-refractivity contribution in [2.75, 3.05) is 5.01 Å². The first-order valence-corrected chi connectivity index (χ1v) is 8.47. The van der Waals surface area contributed by atoms with Gasteiger partial charge >= 0.3 is 18.5 Å². The van der Waals surface area contributed by atoms with Crippen LogP contribution in [0.5, 0.6) is 0 Å². The summed E-state index contributed by atoms with van der Waals surface area (Å²) in [6.45, 7) is 3.66. The number of allylic oxidation sites excluding steroid dienone is 1. The molecule has 3 unspecified atom stereocenters. The molecule has 0 aromatic carbocycles. The summed E-state index contributed by atoms with van der Waals surface area (Å²) in [5, 5.41) is 24.0. The maximum absolute atomic E-state index is 13.1. The summed E-state index contributed by atoms with van der Waals surface area (Å²) in [6.07, 6.45) is -19.4. The molecule has 0 bridgehead atoms. The standard InChI is InChI=1S/C16H13F9N6O2/c1-6(3-27-12(26-2)15(20,21)22)9-8(10(32)14(17,18)19)11(33)31(30-9)7-4-28-13(29-5-7)16(23,24)25/h3-5,8,10-11,32-33H,2H2,1H3/b6-3+,27-12-. The van der Waals surface area contributed by atoms with E-state index in [0.29, 0.717) is 23.6 Å². The van der Waals surface area contributed by atoms with Gasteiger partial charge in [-0.05, 0) is 19.2 Å². The average molecular weight is 492 g/mol. The Labute approximate surface area is 178 Å². The van der Waals surface area contributed by atoms with Crippen molar-refractivity contribution >= 4 is 24.0 Å². The van der Waals surface area contributed by atoms with Crippen LogP contribution in [0.15, 0.2) is 39.3 Å². The normalized spacial score (nSPS) is 21.8. The number of alkyl halides is 9. The van der Waals surface area contributed by atoms with Gasteiger partial charge in [-0.15, -0.1) is 0 Å². The predicted molar refractivity (Wildman–Crippen MR) is 95.3 cm³/mol. The fourth-order valence-electron chi connectivity index (χ4n) is 2.62. The maximum atomic E-state index is 13.1. The van der Waals surface area contributed by atoms with E-state index in [2.05, 4.69) is 31.8 Å².